The highest BCUT2D eigenvalue weighted by Gasteiger charge is 2.38. The molecule has 1 aliphatic heterocycles. The second-order valence-electron chi connectivity index (χ2n) is 5.99. The number of allylic oxidation sites excluding steroid dienone is 1. The summed E-state index contributed by atoms with van der Waals surface area (Å²) in [6.07, 6.45) is 6.41. The van der Waals surface area contributed by atoms with Crippen LogP contribution in [0.4, 0.5) is 4.39 Å². The van der Waals surface area contributed by atoms with E-state index in [1.165, 1.54) is 11.6 Å². The van der Waals surface area contributed by atoms with Crippen LogP contribution in [0.3, 0.4) is 0 Å². The minimum atomic E-state index is -0.425. The van der Waals surface area contributed by atoms with E-state index in [0.29, 0.717) is 18.7 Å². The van der Waals surface area contributed by atoms with E-state index in [2.05, 4.69) is 11.1 Å². The standard InChI is InChI=1S/C18H18FNO2/c1-12-11-20-17-14(3-2-4-15(17)19)16(12)13-5-7-18(8-6-13)21-9-10-22-18/h2-5,11H,6-10H2,1H3. The van der Waals surface area contributed by atoms with Crippen LogP contribution in [0.5, 0.6) is 0 Å². The maximum absolute atomic E-state index is 14.0. The number of nitrogens with zero attached hydrogens (tertiary/aromatic N) is 1. The molecule has 1 fully saturated rings. The minimum absolute atomic E-state index is 0.269. The molecular formula is C18H18FNO2. The van der Waals surface area contributed by atoms with Crippen molar-refractivity contribution in [3.05, 3.63) is 47.4 Å². The van der Waals surface area contributed by atoms with E-state index < -0.39 is 5.79 Å². The Kier molecular flexibility index (Phi) is 3.24. The summed E-state index contributed by atoms with van der Waals surface area (Å²) in [4.78, 5) is 4.26. The maximum atomic E-state index is 14.0. The molecule has 0 unspecified atom stereocenters. The van der Waals surface area contributed by atoms with Crippen LogP contribution in [0.15, 0.2) is 30.5 Å². The molecule has 1 aromatic carbocycles. The van der Waals surface area contributed by atoms with Crippen LogP contribution in [0, 0.1) is 12.7 Å². The lowest BCUT2D eigenvalue weighted by Crippen LogP contribution is -2.31. The fraction of sp³-hybridized carbons (Fsp3) is 0.389. The second-order valence-corrected chi connectivity index (χ2v) is 5.99. The first-order valence-corrected chi connectivity index (χ1v) is 7.70. The summed E-state index contributed by atoms with van der Waals surface area (Å²) < 4.78 is 25.5. The Hall–Kier alpha value is -1.78. The summed E-state index contributed by atoms with van der Waals surface area (Å²) in [5.74, 6) is -0.694. The van der Waals surface area contributed by atoms with Crippen molar-refractivity contribution in [2.75, 3.05) is 13.2 Å². The molecule has 4 rings (SSSR count). The Morgan fingerprint density at radius 1 is 1.23 bits per heavy atom. The minimum Gasteiger partial charge on any atom is -0.347 e. The normalized spacial score (nSPS) is 20.5. The lowest BCUT2D eigenvalue weighted by molar-refractivity contribution is -0.159. The Morgan fingerprint density at radius 3 is 2.77 bits per heavy atom. The lowest BCUT2D eigenvalue weighted by atomic mass is 9.86. The van der Waals surface area contributed by atoms with Crippen LogP contribution in [-0.4, -0.2) is 24.0 Å². The van der Waals surface area contributed by atoms with Crippen molar-refractivity contribution in [3.63, 3.8) is 0 Å². The molecule has 0 atom stereocenters. The molecule has 1 spiro atoms. The zero-order chi connectivity index (χ0) is 15.2. The van der Waals surface area contributed by atoms with Gasteiger partial charge in [-0.25, -0.2) is 4.39 Å². The number of benzene rings is 1. The van der Waals surface area contributed by atoms with Crippen molar-refractivity contribution >= 4 is 16.5 Å². The molecule has 0 radical (unpaired) electrons. The van der Waals surface area contributed by atoms with Gasteiger partial charge in [0.05, 0.1) is 13.2 Å². The molecule has 2 heterocycles. The highest BCUT2D eigenvalue weighted by molar-refractivity contribution is 5.93. The number of para-hydroxylation sites is 1. The number of aryl methyl sites for hydroxylation is 1. The molecule has 2 aromatic rings. The average molecular weight is 299 g/mol. The summed E-state index contributed by atoms with van der Waals surface area (Å²) >= 11 is 0. The van der Waals surface area contributed by atoms with Crippen molar-refractivity contribution in [2.24, 2.45) is 0 Å². The Bertz CT molecular complexity index is 763. The lowest BCUT2D eigenvalue weighted by Gasteiger charge is -2.31. The molecule has 4 heteroatoms. The van der Waals surface area contributed by atoms with Gasteiger partial charge in [-0.05, 0) is 36.1 Å². The molecule has 2 aliphatic rings. The Morgan fingerprint density at radius 2 is 2.05 bits per heavy atom. The maximum Gasteiger partial charge on any atom is 0.172 e. The van der Waals surface area contributed by atoms with E-state index in [4.69, 9.17) is 9.47 Å². The van der Waals surface area contributed by atoms with Gasteiger partial charge >= 0.3 is 0 Å². The van der Waals surface area contributed by atoms with E-state index in [0.717, 1.165) is 35.8 Å². The third kappa shape index (κ3) is 2.14. The molecule has 0 N–H and O–H groups in total. The van der Waals surface area contributed by atoms with Crippen molar-refractivity contribution < 1.29 is 13.9 Å². The molecule has 0 bridgehead atoms. The molecule has 0 amide bonds. The van der Waals surface area contributed by atoms with Crippen molar-refractivity contribution in [3.8, 4) is 0 Å². The molecule has 3 nitrogen and oxygen atoms in total. The van der Waals surface area contributed by atoms with Crippen molar-refractivity contribution in [1.82, 2.24) is 4.98 Å². The van der Waals surface area contributed by atoms with Gasteiger partial charge in [0, 0.05) is 24.4 Å². The fourth-order valence-electron chi connectivity index (χ4n) is 3.51. The molecule has 114 valence electrons. The monoisotopic (exact) mass is 299 g/mol. The summed E-state index contributed by atoms with van der Waals surface area (Å²) in [5.41, 5.74) is 3.86. The smallest absolute Gasteiger partial charge is 0.172 e. The SMILES string of the molecule is Cc1cnc2c(F)cccc2c1C1=CCC2(CC1)OCCO2. The molecular weight excluding hydrogens is 281 g/mol. The van der Waals surface area contributed by atoms with Gasteiger partial charge in [-0.3, -0.25) is 4.98 Å². The topological polar surface area (TPSA) is 31.4 Å². The molecule has 1 aliphatic carbocycles. The number of aromatic nitrogens is 1. The third-order valence-corrected chi connectivity index (χ3v) is 4.61. The van der Waals surface area contributed by atoms with Gasteiger partial charge in [-0.1, -0.05) is 18.2 Å². The number of hydrogen-bond donors (Lipinski definition) is 0. The first kappa shape index (κ1) is 13.9. The first-order chi connectivity index (χ1) is 10.7. The largest absolute Gasteiger partial charge is 0.347 e. The highest BCUT2D eigenvalue weighted by Crippen LogP contribution is 2.40. The number of halogens is 1. The highest BCUT2D eigenvalue weighted by atomic mass is 19.1. The van der Waals surface area contributed by atoms with Gasteiger partial charge in [-0.2, -0.15) is 0 Å². The van der Waals surface area contributed by atoms with E-state index >= 15 is 0 Å². The second kappa shape index (κ2) is 5.14. The fourth-order valence-corrected chi connectivity index (χ4v) is 3.51. The number of rotatable bonds is 1. The zero-order valence-corrected chi connectivity index (χ0v) is 12.6. The van der Waals surface area contributed by atoms with Gasteiger partial charge in [0.15, 0.2) is 5.79 Å². The Balaban J connectivity index is 1.80. The van der Waals surface area contributed by atoms with Crippen LogP contribution in [0.1, 0.15) is 30.4 Å². The van der Waals surface area contributed by atoms with Gasteiger partial charge in [0.1, 0.15) is 11.3 Å². The molecule has 1 aromatic heterocycles. The quantitative estimate of drug-likeness (QED) is 0.798. The van der Waals surface area contributed by atoms with Gasteiger partial charge in [-0.15, -0.1) is 0 Å². The van der Waals surface area contributed by atoms with Crippen molar-refractivity contribution in [1.29, 1.82) is 0 Å². The van der Waals surface area contributed by atoms with Crippen LogP contribution in [0.2, 0.25) is 0 Å². The summed E-state index contributed by atoms with van der Waals surface area (Å²) in [5, 5.41) is 0.885. The van der Waals surface area contributed by atoms with E-state index in [1.807, 2.05) is 13.0 Å². The number of hydrogen-bond acceptors (Lipinski definition) is 3. The molecule has 22 heavy (non-hydrogen) atoms. The number of ether oxygens (including phenoxy) is 2. The number of pyridine rings is 1. The zero-order valence-electron chi connectivity index (χ0n) is 12.6. The first-order valence-electron chi connectivity index (χ1n) is 7.70. The summed E-state index contributed by atoms with van der Waals surface area (Å²) in [6, 6.07) is 5.15. The summed E-state index contributed by atoms with van der Waals surface area (Å²) in [6.45, 7) is 3.37. The van der Waals surface area contributed by atoms with Crippen LogP contribution < -0.4 is 0 Å². The molecule has 1 saturated heterocycles. The van der Waals surface area contributed by atoms with E-state index in [1.54, 1.807) is 12.3 Å². The van der Waals surface area contributed by atoms with Gasteiger partial charge in [0.2, 0.25) is 0 Å². The van der Waals surface area contributed by atoms with Gasteiger partial charge in [0.25, 0.3) is 0 Å². The van der Waals surface area contributed by atoms with Crippen molar-refractivity contribution in [2.45, 2.75) is 32.0 Å². The predicted molar refractivity (Wildman–Crippen MR) is 82.9 cm³/mol. The third-order valence-electron chi connectivity index (χ3n) is 4.61. The van der Waals surface area contributed by atoms with Crippen LogP contribution in [-0.2, 0) is 9.47 Å². The van der Waals surface area contributed by atoms with Crippen LogP contribution >= 0.6 is 0 Å². The van der Waals surface area contributed by atoms with Crippen LogP contribution in [0.25, 0.3) is 16.5 Å². The van der Waals surface area contributed by atoms with E-state index in [9.17, 15) is 4.39 Å². The van der Waals surface area contributed by atoms with E-state index in [-0.39, 0.29) is 5.82 Å². The average Bonchev–Trinajstić information content (AvgIpc) is 2.97. The number of fused-ring (bicyclic) bond motifs is 1. The summed E-state index contributed by atoms with van der Waals surface area (Å²) in [7, 11) is 0. The van der Waals surface area contributed by atoms with Gasteiger partial charge < -0.3 is 9.47 Å². The Labute approximate surface area is 128 Å². The molecule has 0 saturated carbocycles. The predicted octanol–water partition coefficient (Wildman–Crippen LogP) is 3.99.